The highest BCUT2D eigenvalue weighted by Gasteiger charge is 2.08. The number of pyridine rings is 1. The van der Waals surface area contributed by atoms with Gasteiger partial charge in [-0.2, -0.15) is 5.26 Å². The van der Waals surface area contributed by atoms with Gasteiger partial charge in [0, 0.05) is 11.9 Å². The molecule has 7 heteroatoms. The molecule has 0 aliphatic rings. The number of aromatic nitrogens is 1. The highest BCUT2D eigenvalue weighted by Crippen LogP contribution is 2.19. The van der Waals surface area contributed by atoms with Crippen molar-refractivity contribution in [3.8, 4) is 6.07 Å². The molecule has 2 N–H and O–H groups in total. The second-order valence-electron chi connectivity index (χ2n) is 4.13. The molecule has 20 heavy (non-hydrogen) atoms. The zero-order chi connectivity index (χ0) is 14.6. The first-order valence-electron chi connectivity index (χ1n) is 6.01. The summed E-state index contributed by atoms with van der Waals surface area (Å²) >= 11 is 0. The summed E-state index contributed by atoms with van der Waals surface area (Å²) in [5, 5.41) is 12.8. The number of para-hydroxylation sites is 1. The normalized spacial score (nSPS) is 11.2. The third kappa shape index (κ3) is 3.23. The van der Waals surface area contributed by atoms with E-state index in [0.29, 0.717) is 16.9 Å². The quantitative estimate of drug-likeness (QED) is 0.858. The lowest BCUT2D eigenvalue weighted by atomic mass is 10.1. The van der Waals surface area contributed by atoms with Crippen molar-refractivity contribution < 1.29 is 8.42 Å². The van der Waals surface area contributed by atoms with Crippen molar-refractivity contribution in [3.05, 3.63) is 35.9 Å². The van der Waals surface area contributed by atoms with Crippen LogP contribution < -0.4 is 10.0 Å². The number of nitriles is 1. The van der Waals surface area contributed by atoms with Gasteiger partial charge in [-0.05, 0) is 19.2 Å². The van der Waals surface area contributed by atoms with Gasteiger partial charge in [-0.3, -0.25) is 0 Å². The van der Waals surface area contributed by atoms with Crippen molar-refractivity contribution in [2.45, 2.75) is 0 Å². The molecule has 0 spiro atoms. The second-order valence-corrected chi connectivity index (χ2v) is 6.18. The number of nitrogens with zero attached hydrogens (tertiary/aromatic N) is 2. The standard InChI is InChI=1S/C13H14N4O2S/c1-15-20(18,19)7-6-16-13-8-10(9-14)11-4-2-3-5-12(11)17-13/h2-5,8,15H,6-7H2,1H3,(H,16,17). The van der Waals surface area contributed by atoms with Gasteiger partial charge in [0.1, 0.15) is 5.82 Å². The minimum absolute atomic E-state index is 0.0557. The first-order valence-corrected chi connectivity index (χ1v) is 7.66. The Hall–Kier alpha value is -2.17. The molecule has 1 aromatic carbocycles. The molecule has 0 saturated heterocycles. The lowest BCUT2D eigenvalue weighted by molar-refractivity contribution is 0.588. The summed E-state index contributed by atoms with van der Waals surface area (Å²) in [6, 6.07) is 11.1. The van der Waals surface area contributed by atoms with Gasteiger partial charge >= 0.3 is 0 Å². The molecule has 6 nitrogen and oxygen atoms in total. The minimum Gasteiger partial charge on any atom is -0.369 e. The Labute approximate surface area is 117 Å². The van der Waals surface area contributed by atoms with Crippen LogP contribution in [0.15, 0.2) is 30.3 Å². The van der Waals surface area contributed by atoms with E-state index >= 15 is 0 Å². The number of benzene rings is 1. The van der Waals surface area contributed by atoms with Crippen molar-refractivity contribution in [2.24, 2.45) is 0 Å². The summed E-state index contributed by atoms with van der Waals surface area (Å²) in [7, 11) is -1.88. The summed E-state index contributed by atoms with van der Waals surface area (Å²) in [6.07, 6.45) is 0. The number of hydrogen-bond acceptors (Lipinski definition) is 5. The molecule has 1 aromatic heterocycles. The van der Waals surface area contributed by atoms with Gasteiger partial charge in [0.15, 0.2) is 0 Å². The van der Waals surface area contributed by atoms with E-state index in [1.165, 1.54) is 7.05 Å². The van der Waals surface area contributed by atoms with E-state index in [1.54, 1.807) is 6.07 Å². The Morgan fingerprint density at radius 3 is 2.80 bits per heavy atom. The number of sulfonamides is 1. The van der Waals surface area contributed by atoms with Gasteiger partial charge in [-0.15, -0.1) is 0 Å². The van der Waals surface area contributed by atoms with Gasteiger partial charge < -0.3 is 5.32 Å². The molecule has 0 saturated carbocycles. The molecular weight excluding hydrogens is 276 g/mol. The zero-order valence-electron chi connectivity index (χ0n) is 10.9. The highest BCUT2D eigenvalue weighted by atomic mass is 32.2. The van der Waals surface area contributed by atoms with Gasteiger partial charge in [0.25, 0.3) is 0 Å². The molecule has 104 valence electrons. The Balaban J connectivity index is 2.22. The number of fused-ring (bicyclic) bond motifs is 1. The molecule has 2 aromatic rings. The van der Waals surface area contributed by atoms with Gasteiger partial charge in [-0.1, -0.05) is 18.2 Å². The molecule has 0 aliphatic carbocycles. The van der Waals surface area contributed by atoms with Crippen molar-refractivity contribution in [1.82, 2.24) is 9.71 Å². The molecule has 0 unspecified atom stereocenters. The lowest BCUT2D eigenvalue weighted by Gasteiger charge is -2.08. The van der Waals surface area contributed by atoms with Crippen LogP contribution in [0, 0.1) is 11.3 Å². The monoisotopic (exact) mass is 290 g/mol. The number of rotatable bonds is 5. The van der Waals surface area contributed by atoms with Gasteiger partial charge in [-0.25, -0.2) is 18.1 Å². The first-order chi connectivity index (χ1) is 9.55. The van der Waals surface area contributed by atoms with Crippen molar-refractivity contribution in [2.75, 3.05) is 24.7 Å². The number of nitrogens with one attached hydrogen (secondary N) is 2. The van der Waals surface area contributed by atoms with Crippen LogP contribution in [0.1, 0.15) is 5.56 Å². The van der Waals surface area contributed by atoms with E-state index < -0.39 is 10.0 Å². The average molecular weight is 290 g/mol. The summed E-state index contributed by atoms with van der Waals surface area (Å²) < 4.78 is 24.8. The first kappa shape index (κ1) is 14.2. The fourth-order valence-corrected chi connectivity index (χ4v) is 2.35. The molecule has 0 aliphatic heterocycles. The van der Waals surface area contributed by atoms with Gasteiger partial charge in [0.2, 0.25) is 10.0 Å². The number of hydrogen-bond donors (Lipinski definition) is 2. The Morgan fingerprint density at radius 1 is 1.35 bits per heavy atom. The topological polar surface area (TPSA) is 94.9 Å². The maximum atomic E-state index is 11.3. The maximum Gasteiger partial charge on any atom is 0.213 e. The smallest absolute Gasteiger partial charge is 0.213 e. The van der Waals surface area contributed by atoms with Gasteiger partial charge in [0.05, 0.1) is 22.9 Å². The van der Waals surface area contributed by atoms with Crippen LogP contribution in [-0.4, -0.2) is 32.7 Å². The van der Waals surface area contributed by atoms with Crippen LogP contribution in [0.5, 0.6) is 0 Å². The molecule has 0 fully saturated rings. The maximum absolute atomic E-state index is 11.3. The summed E-state index contributed by atoms with van der Waals surface area (Å²) in [5.74, 6) is 0.437. The molecule has 1 heterocycles. The Bertz CT molecular complexity index is 766. The molecule has 0 bridgehead atoms. The van der Waals surface area contributed by atoms with E-state index in [2.05, 4.69) is 21.1 Å². The summed E-state index contributed by atoms with van der Waals surface area (Å²) in [5.41, 5.74) is 1.21. The van der Waals surface area contributed by atoms with Crippen LogP contribution in [0.25, 0.3) is 10.9 Å². The molecular formula is C13H14N4O2S. The highest BCUT2D eigenvalue weighted by molar-refractivity contribution is 7.89. The van der Waals surface area contributed by atoms with E-state index in [-0.39, 0.29) is 12.3 Å². The molecule has 0 amide bonds. The van der Waals surface area contributed by atoms with E-state index in [4.69, 9.17) is 5.26 Å². The van der Waals surface area contributed by atoms with E-state index in [9.17, 15) is 8.42 Å². The van der Waals surface area contributed by atoms with E-state index in [0.717, 1.165) is 5.39 Å². The third-order valence-corrected chi connectivity index (χ3v) is 4.19. The third-order valence-electron chi connectivity index (χ3n) is 2.82. The largest absolute Gasteiger partial charge is 0.369 e. The van der Waals surface area contributed by atoms with Crippen LogP contribution in [-0.2, 0) is 10.0 Å². The average Bonchev–Trinajstić information content (AvgIpc) is 2.46. The predicted molar refractivity (Wildman–Crippen MR) is 77.8 cm³/mol. The van der Waals surface area contributed by atoms with Crippen LogP contribution >= 0.6 is 0 Å². The van der Waals surface area contributed by atoms with Crippen molar-refractivity contribution in [3.63, 3.8) is 0 Å². The molecule has 0 radical (unpaired) electrons. The van der Waals surface area contributed by atoms with E-state index in [1.807, 2.05) is 24.3 Å². The molecule has 0 atom stereocenters. The predicted octanol–water partition coefficient (Wildman–Crippen LogP) is 1.07. The van der Waals surface area contributed by atoms with Crippen LogP contribution in [0.4, 0.5) is 5.82 Å². The Kier molecular flexibility index (Phi) is 4.17. The van der Waals surface area contributed by atoms with Crippen molar-refractivity contribution in [1.29, 1.82) is 5.26 Å². The summed E-state index contributed by atoms with van der Waals surface area (Å²) in [6.45, 7) is 0.222. The molecule has 2 rings (SSSR count). The zero-order valence-corrected chi connectivity index (χ0v) is 11.7. The second kappa shape index (κ2) is 5.86. The van der Waals surface area contributed by atoms with Crippen LogP contribution in [0.3, 0.4) is 0 Å². The SMILES string of the molecule is CNS(=O)(=O)CCNc1cc(C#N)c2ccccc2n1. The fourth-order valence-electron chi connectivity index (χ4n) is 1.77. The Morgan fingerprint density at radius 2 is 2.10 bits per heavy atom. The minimum atomic E-state index is -3.25. The summed E-state index contributed by atoms with van der Waals surface area (Å²) in [4.78, 5) is 4.35. The lowest BCUT2D eigenvalue weighted by Crippen LogP contribution is -2.26. The fraction of sp³-hybridized carbons (Fsp3) is 0.231. The van der Waals surface area contributed by atoms with Crippen LogP contribution in [0.2, 0.25) is 0 Å². The number of anilines is 1. The van der Waals surface area contributed by atoms with Crippen molar-refractivity contribution >= 4 is 26.7 Å².